The lowest BCUT2D eigenvalue weighted by atomic mass is 9.96. The second-order valence-electron chi connectivity index (χ2n) is 8.38. The third-order valence-electron chi connectivity index (χ3n) is 6.21. The molecule has 0 saturated heterocycles. The second kappa shape index (κ2) is 9.11. The van der Waals surface area contributed by atoms with Crippen molar-refractivity contribution in [2.45, 2.75) is 33.2 Å². The summed E-state index contributed by atoms with van der Waals surface area (Å²) in [6.07, 6.45) is 0.796. The standard InChI is InChI=1S/C27H25N3O4S/c1-4-15-29-19-14-10-9-13-18(19)21(24(29)31)23-25(32)30-22(17-11-7-6-8-12-17)20(26(33)34-5-2)16(3)28-27(30)35-23/h6-14,22H,4-5,15H2,1-3H3/b23-21-. The molecule has 7 nitrogen and oxygen atoms in total. The smallest absolute Gasteiger partial charge is 0.338 e. The fraction of sp³-hybridized carbons (Fsp3) is 0.259. The number of carbonyl (C=O) groups is 2. The number of nitrogens with zero attached hydrogens (tertiary/aromatic N) is 3. The predicted octanol–water partition coefficient (Wildman–Crippen LogP) is 2.93. The highest BCUT2D eigenvalue weighted by atomic mass is 32.1. The summed E-state index contributed by atoms with van der Waals surface area (Å²) in [7, 11) is 0. The molecule has 3 heterocycles. The van der Waals surface area contributed by atoms with Gasteiger partial charge in [0.25, 0.3) is 11.5 Å². The normalized spacial score (nSPS) is 18.3. The Hall–Kier alpha value is -3.78. The number of thiazole rings is 1. The Morgan fingerprint density at radius 1 is 1.06 bits per heavy atom. The van der Waals surface area contributed by atoms with Crippen molar-refractivity contribution in [3.63, 3.8) is 0 Å². The van der Waals surface area contributed by atoms with Crippen LogP contribution >= 0.6 is 11.3 Å². The molecule has 0 N–H and O–H groups in total. The zero-order chi connectivity index (χ0) is 24.7. The van der Waals surface area contributed by atoms with Crippen molar-refractivity contribution >= 4 is 34.5 Å². The molecule has 0 spiro atoms. The number of anilines is 1. The molecule has 5 rings (SSSR count). The highest BCUT2D eigenvalue weighted by molar-refractivity contribution is 7.07. The van der Waals surface area contributed by atoms with Crippen molar-refractivity contribution in [1.82, 2.24) is 4.57 Å². The van der Waals surface area contributed by atoms with E-state index >= 15 is 0 Å². The fourth-order valence-electron chi connectivity index (χ4n) is 4.74. The molecular weight excluding hydrogens is 462 g/mol. The quantitative estimate of drug-likeness (QED) is 0.519. The number of ether oxygens (including phenoxy) is 1. The first-order valence-electron chi connectivity index (χ1n) is 11.7. The van der Waals surface area contributed by atoms with Crippen LogP contribution in [-0.4, -0.2) is 29.6 Å². The molecule has 0 bridgehead atoms. The molecule has 2 aliphatic rings. The lowest BCUT2D eigenvalue weighted by molar-refractivity contribution is -0.139. The maximum absolute atomic E-state index is 14.0. The van der Waals surface area contributed by atoms with Crippen LogP contribution in [0.25, 0.3) is 5.57 Å². The number of hydrogen-bond acceptors (Lipinski definition) is 6. The van der Waals surface area contributed by atoms with Crippen molar-refractivity contribution in [3.05, 3.63) is 96.7 Å². The van der Waals surface area contributed by atoms with Crippen LogP contribution in [0.4, 0.5) is 5.69 Å². The first kappa shape index (κ1) is 23.0. The van der Waals surface area contributed by atoms with Crippen LogP contribution in [0, 0.1) is 0 Å². The monoisotopic (exact) mass is 487 g/mol. The van der Waals surface area contributed by atoms with Crippen molar-refractivity contribution in [2.75, 3.05) is 18.1 Å². The van der Waals surface area contributed by atoms with Crippen LogP contribution in [-0.2, 0) is 14.3 Å². The fourth-order valence-corrected chi connectivity index (χ4v) is 5.87. The van der Waals surface area contributed by atoms with Gasteiger partial charge in [0.15, 0.2) is 4.80 Å². The highest BCUT2D eigenvalue weighted by Gasteiger charge is 2.37. The van der Waals surface area contributed by atoms with Gasteiger partial charge in [0.05, 0.1) is 35.2 Å². The number of esters is 1. The average Bonchev–Trinajstić information content (AvgIpc) is 3.32. The molecule has 1 unspecified atom stereocenters. The van der Waals surface area contributed by atoms with E-state index in [2.05, 4.69) is 4.99 Å². The van der Waals surface area contributed by atoms with E-state index in [4.69, 9.17) is 4.74 Å². The molecular formula is C27H25N3O4S. The molecule has 35 heavy (non-hydrogen) atoms. The molecule has 0 radical (unpaired) electrons. The Morgan fingerprint density at radius 2 is 1.77 bits per heavy atom. The molecule has 1 atom stereocenters. The van der Waals surface area contributed by atoms with Crippen molar-refractivity contribution in [2.24, 2.45) is 4.99 Å². The number of aromatic nitrogens is 1. The number of amides is 1. The molecule has 2 aromatic carbocycles. The van der Waals surface area contributed by atoms with Crippen LogP contribution in [0.15, 0.2) is 75.7 Å². The maximum Gasteiger partial charge on any atom is 0.338 e. The van der Waals surface area contributed by atoms with Gasteiger partial charge in [-0.15, -0.1) is 0 Å². The van der Waals surface area contributed by atoms with Crippen molar-refractivity contribution in [1.29, 1.82) is 0 Å². The molecule has 1 amide bonds. The summed E-state index contributed by atoms with van der Waals surface area (Å²) >= 11 is 1.19. The largest absolute Gasteiger partial charge is 0.463 e. The van der Waals surface area contributed by atoms with E-state index < -0.39 is 12.0 Å². The number of allylic oxidation sites excluding steroid dienone is 1. The zero-order valence-corrected chi connectivity index (χ0v) is 20.6. The molecule has 2 aliphatic heterocycles. The Kier molecular flexibility index (Phi) is 5.98. The summed E-state index contributed by atoms with van der Waals surface area (Å²) in [6, 6.07) is 16.2. The molecule has 3 aromatic rings. The van der Waals surface area contributed by atoms with Gasteiger partial charge in [-0.05, 0) is 31.9 Å². The molecule has 0 aliphatic carbocycles. The molecule has 0 saturated carbocycles. The third-order valence-corrected chi connectivity index (χ3v) is 7.26. The van der Waals surface area contributed by atoms with E-state index in [-0.39, 0.29) is 18.1 Å². The lowest BCUT2D eigenvalue weighted by Gasteiger charge is -2.24. The lowest BCUT2D eigenvalue weighted by Crippen LogP contribution is -2.41. The zero-order valence-electron chi connectivity index (χ0n) is 19.8. The maximum atomic E-state index is 14.0. The van der Waals surface area contributed by atoms with Crippen molar-refractivity contribution < 1.29 is 14.3 Å². The van der Waals surface area contributed by atoms with Crippen LogP contribution in [0.1, 0.15) is 44.4 Å². The number of para-hydroxylation sites is 1. The van der Waals surface area contributed by atoms with Gasteiger partial charge in [-0.2, -0.15) is 0 Å². The van der Waals surface area contributed by atoms with Crippen LogP contribution in [0.5, 0.6) is 0 Å². The third kappa shape index (κ3) is 3.65. The minimum Gasteiger partial charge on any atom is -0.463 e. The first-order chi connectivity index (χ1) is 17.0. The van der Waals surface area contributed by atoms with Gasteiger partial charge in [0.1, 0.15) is 4.53 Å². The van der Waals surface area contributed by atoms with Crippen LogP contribution in [0.3, 0.4) is 0 Å². The minimum absolute atomic E-state index is 0.184. The highest BCUT2D eigenvalue weighted by Crippen LogP contribution is 2.35. The topological polar surface area (TPSA) is 81.0 Å². The van der Waals surface area contributed by atoms with Crippen LogP contribution in [0.2, 0.25) is 0 Å². The Bertz CT molecular complexity index is 1550. The Balaban J connectivity index is 1.81. The van der Waals surface area contributed by atoms with E-state index in [1.165, 1.54) is 15.9 Å². The average molecular weight is 488 g/mol. The number of benzene rings is 2. The number of hydrogen-bond donors (Lipinski definition) is 0. The van der Waals surface area contributed by atoms with Gasteiger partial charge in [-0.25, -0.2) is 9.79 Å². The number of rotatable bonds is 5. The summed E-state index contributed by atoms with van der Waals surface area (Å²) in [5.74, 6) is -0.687. The predicted molar refractivity (Wildman–Crippen MR) is 135 cm³/mol. The SMILES string of the molecule is CCCN1C(=O)/C(=c2\sc3n(c2=O)C(c2ccccc2)C(C(=O)OCC)=C(C)N=3)c2ccccc21. The van der Waals surface area contributed by atoms with Gasteiger partial charge < -0.3 is 9.64 Å². The van der Waals surface area contributed by atoms with E-state index in [9.17, 15) is 14.4 Å². The van der Waals surface area contributed by atoms with Gasteiger partial charge in [-0.3, -0.25) is 14.2 Å². The summed E-state index contributed by atoms with van der Waals surface area (Å²) < 4.78 is 7.19. The summed E-state index contributed by atoms with van der Waals surface area (Å²) in [5, 5.41) is 0. The van der Waals surface area contributed by atoms with Crippen molar-refractivity contribution in [3.8, 4) is 0 Å². The summed E-state index contributed by atoms with van der Waals surface area (Å²) in [4.78, 5) is 47.3. The van der Waals surface area contributed by atoms with E-state index in [0.717, 1.165) is 23.2 Å². The number of fused-ring (bicyclic) bond motifs is 2. The second-order valence-corrected chi connectivity index (χ2v) is 9.36. The number of carbonyl (C=O) groups excluding carboxylic acids is 2. The van der Waals surface area contributed by atoms with Gasteiger partial charge in [-0.1, -0.05) is 66.8 Å². The first-order valence-corrected chi connectivity index (χ1v) is 12.5. The van der Waals surface area contributed by atoms with E-state index in [1.807, 2.05) is 61.5 Å². The Labute approximate surface area is 206 Å². The van der Waals surface area contributed by atoms with Gasteiger partial charge in [0.2, 0.25) is 0 Å². The summed E-state index contributed by atoms with van der Waals surface area (Å²) in [6.45, 7) is 6.29. The minimum atomic E-state index is -0.695. The van der Waals surface area contributed by atoms with Gasteiger partial charge in [0, 0.05) is 12.1 Å². The molecule has 178 valence electrons. The van der Waals surface area contributed by atoms with Crippen LogP contribution < -0.4 is 19.8 Å². The van der Waals surface area contributed by atoms with E-state index in [1.54, 1.807) is 18.7 Å². The van der Waals surface area contributed by atoms with E-state index in [0.29, 0.717) is 32.7 Å². The summed E-state index contributed by atoms with van der Waals surface area (Å²) in [5.41, 5.74) is 3.20. The Morgan fingerprint density at radius 3 is 2.49 bits per heavy atom. The van der Waals surface area contributed by atoms with Gasteiger partial charge >= 0.3 is 5.97 Å². The molecule has 1 aromatic heterocycles. The molecule has 0 fully saturated rings. The molecule has 8 heteroatoms.